The smallest absolute Gasteiger partial charge is 0.306 e. The van der Waals surface area contributed by atoms with Crippen LogP contribution in [0.5, 0.6) is 5.75 Å². The number of aromatic nitrogens is 1. The van der Waals surface area contributed by atoms with Gasteiger partial charge in [-0.2, -0.15) is 0 Å². The van der Waals surface area contributed by atoms with E-state index >= 15 is 0 Å². The summed E-state index contributed by atoms with van der Waals surface area (Å²) in [6.07, 6.45) is 0.428. The van der Waals surface area contributed by atoms with Crippen LogP contribution in [0.4, 0.5) is 11.4 Å². The molecular formula is C22H21N3O6. The molecule has 1 aromatic heterocycles. The van der Waals surface area contributed by atoms with Gasteiger partial charge in [-0.05, 0) is 31.2 Å². The number of amides is 1. The number of hydrogen-bond donors (Lipinski definition) is 1. The molecule has 3 aromatic rings. The minimum atomic E-state index is -0.676. The summed E-state index contributed by atoms with van der Waals surface area (Å²) in [6, 6.07) is 15.5. The van der Waals surface area contributed by atoms with Crippen molar-refractivity contribution < 1.29 is 24.0 Å². The number of ether oxygens (including phenoxy) is 2. The van der Waals surface area contributed by atoms with Crippen molar-refractivity contribution in [3.8, 4) is 5.75 Å². The summed E-state index contributed by atoms with van der Waals surface area (Å²) in [4.78, 5) is 39.1. The van der Waals surface area contributed by atoms with Gasteiger partial charge in [0.05, 0.1) is 29.5 Å². The van der Waals surface area contributed by atoms with Crippen LogP contribution >= 0.6 is 0 Å². The van der Waals surface area contributed by atoms with E-state index < -0.39 is 23.4 Å². The summed E-state index contributed by atoms with van der Waals surface area (Å²) >= 11 is 0. The molecule has 0 unspecified atom stereocenters. The van der Waals surface area contributed by atoms with Gasteiger partial charge in [0.2, 0.25) is 0 Å². The van der Waals surface area contributed by atoms with Crippen molar-refractivity contribution >= 4 is 34.2 Å². The Labute approximate surface area is 178 Å². The van der Waals surface area contributed by atoms with Crippen LogP contribution in [0.3, 0.4) is 0 Å². The molecule has 0 bridgehead atoms. The van der Waals surface area contributed by atoms with Gasteiger partial charge >= 0.3 is 5.97 Å². The number of nitro benzene ring substituents is 1. The van der Waals surface area contributed by atoms with Gasteiger partial charge in [0.15, 0.2) is 6.61 Å². The Hall–Kier alpha value is -4.01. The molecule has 0 saturated carbocycles. The first-order valence-corrected chi connectivity index (χ1v) is 9.67. The van der Waals surface area contributed by atoms with Crippen molar-refractivity contribution in [2.75, 3.05) is 18.5 Å². The highest BCUT2D eigenvalue weighted by Gasteiger charge is 2.18. The molecule has 0 spiro atoms. The third-order valence-corrected chi connectivity index (χ3v) is 4.36. The van der Waals surface area contributed by atoms with Crippen molar-refractivity contribution in [3.05, 3.63) is 70.4 Å². The summed E-state index contributed by atoms with van der Waals surface area (Å²) in [6.45, 7) is 1.56. The highest BCUT2D eigenvalue weighted by Crippen LogP contribution is 2.29. The maximum atomic E-state index is 12.1. The van der Waals surface area contributed by atoms with Crippen molar-refractivity contribution in [3.63, 3.8) is 0 Å². The lowest BCUT2D eigenvalue weighted by Crippen LogP contribution is -2.21. The lowest BCUT2D eigenvalue weighted by atomic mass is 10.1. The Morgan fingerprint density at radius 1 is 1.13 bits per heavy atom. The van der Waals surface area contributed by atoms with Gasteiger partial charge in [-0.1, -0.05) is 24.3 Å². The Kier molecular flexibility index (Phi) is 7.10. The van der Waals surface area contributed by atoms with Gasteiger partial charge in [0.1, 0.15) is 11.4 Å². The Balaban J connectivity index is 1.50. The maximum Gasteiger partial charge on any atom is 0.306 e. The number of fused-ring (bicyclic) bond motifs is 1. The fourth-order valence-corrected chi connectivity index (χ4v) is 2.91. The molecule has 0 fully saturated rings. The first-order valence-electron chi connectivity index (χ1n) is 9.67. The standard InChI is InChI=1S/C22H21N3O6/c1-2-30-17-10-11-19(20(13-17)25(28)29)24-21(26)14-31-22(27)12-9-16-8-7-15-5-3-4-6-18(15)23-16/h3-8,10-11,13H,2,9,12,14H2,1H3,(H,24,26). The van der Waals surface area contributed by atoms with E-state index in [0.29, 0.717) is 18.8 Å². The first-order chi connectivity index (χ1) is 15.0. The molecule has 1 N–H and O–H groups in total. The van der Waals surface area contributed by atoms with Gasteiger partial charge in [-0.3, -0.25) is 24.7 Å². The number of anilines is 1. The molecule has 1 heterocycles. The van der Waals surface area contributed by atoms with Crippen LogP contribution in [-0.4, -0.2) is 35.0 Å². The Bertz CT molecular complexity index is 1120. The zero-order chi connectivity index (χ0) is 22.2. The topological polar surface area (TPSA) is 121 Å². The molecular weight excluding hydrogens is 402 g/mol. The second kappa shape index (κ2) is 10.1. The lowest BCUT2D eigenvalue weighted by Gasteiger charge is -2.09. The molecule has 31 heavy (non-hydrogen) atoms. The van der Waals surface area contributed by atoms with Crippen LogP contribution in [-0.2, 0) is 20.7 Å². The number of benzene rings is 2. The number of rotatable bonds is 9. The van der Waals surface area contributed by atoms with Crippen LogP contribution < -0.4 is 10.1 Å². The average molecular weight is 423 g/mol. The number of hydrogen-bond acceptors (Lipinski definition) is 7. The fraction of sp³-hybridized carbons (Fsp3) is 0.227. The lowest BCUT2D eigenvalue weighted by molar-refractivity contribution is -0.384. The average Bonchev–Trinajstić information content (AvgIpc) is 2.77. The highest BCUT2D eigenvalue weighted by atomic mass is 16.6. The number of nitrogens with zero attached hydrogens (tertiary/aromatic N) is 2. The van der Waals surface area contributed by atoms with Gasteiger partial charge in [0, 0.05) is 17.5 Å². The molecule has 1 amide bonds. The SMILES string of the molecule is CCOc1ccc(NC(=O)COC(=O)CCc2ccc3ccccc3n2)c([N+](=O)[O-])c1. The number of para-hydroxylation sites is 1. The van der Waals surface area contributed by atoms with Crippen LogP contribution in [0, 0.1) is 10.1 Å². The van der Waals surface area contributed by atoms with Gasteiger partial charge in [-0.25, -0.2) is 0 Å². The monoisotopic (exact) mass is 423 g/mol. The number of nitro groups is 1. The molecule has 9 heteroatoms. The quantitative estimate of drug-likeness (QED) is 0.317. The Morgan fingerprint density at radius 3 is 2.71 bits per heavy atom. The van der Waals surface area contributed by atoms with Crippen molar-refractivity contribution in [1.29, 1.82) is 0 Å². The van der Waals surface area contributed by atoms with E-state index in [9.17, 15) is 19.7 Å². The van der Waals surface area contributed by atoms with E-state index in [1.54, 1.807) is 6.92 Å². The largest absolute Gasteiger partial charge is 0.494 e. The predicted molar refractivity (Wildman–Crippen MR) is 114 cm³/mol. The number of aryl methyl sites for hydroxylation is 1. The first kappa shape index (κ1) is 21.7. The van der Waals surface area contributed by atoms with Crippen LogP contribution in [0.15, 0.2) is 54.6 Å². The molecule has 0 aliphatic carbocycles. The summed E-state index contributed by atoms with van der Waals surface area (Å²) in [7, 11) is 0. The van der Waals surface area contributed by atoms with E-state index in [1.807, 2.05) is 36.4 Å². The molecule has 0 aliphatic rings. The van der Waals surface area contributed by atoms with Crippen LogP contribution in [0.1, 0.15) is 19.0 Å². The van der Waals surface area contributed by atoms with Gasteiger partial charge in [0.25, 0.3) is 11.6 Å². The predicted octanol–water partition coefficient (Wildman–Crippen LogP) is 3.66. The summed E-state index contributed by atoms with van der Waals surface area (Å²) in [5, 5.41) is 14.6. The van der Waals surface area contributed by atoms with E-state index in [-0.39, 0.29) is 17.8 Å². The number of pyridine rings is 1. The molecule has 0 saturated heterocycles. The zero-order valence-electron chi connectivity index (χ0n) is 16.9. The number of esters is 1. The minimum Gasteiger partial charge on any atom is -0.494 e. The molecule has 3 rings (SSSR count). The van der Waals surface area contributed by atoms with Crippen molar-refractivity contribution in [1.82, 2.24) is 4.98 Å². The highest BCUT2D eigenvalue weighted by molar-refractivity contribution is 5.95. The summed E-state index contributed by atoms with van der Waals surface area (Å²) in [5.74, 6) is -0.920. The van der Waals surface area contributed by atoms with Crippen LogP contribution in [0.2, 0.25) is 0 Å². The van der Waals surface area contributed by atoms with E-state index in [4.69, 9.17) is 9.47 Å². The summed E-state index contributed by atoms with van der Waals surface area (Å²) in [5.41, 5.74) is 1.26. The number of nitrogens with one attached hydrogen (secondary N) is 1. The molecule has 0 aliphatic heterocycles. The molecule has 9 nitrogen and oxygen atoms in total. The molecule has 0 radical (unpaired) electrons. The maximum absolute atomic E-state index is 12.1. The third-order valence-electron chi connectivity index (χ3n) is 4.36. The number of carbonyl (C=O) groups excluding carboxylic acids is 2. The van der Waals surface area contributed by atoms with Gasteiger partial charge < -0.3 is 14.8 Å². The summed E-state index contributed by atoms with van der Waals surface area (Å²) < 4.78 is 10.2. The van der Waals surface area contributed by atoms with E-state index in [0.717, 1.165) is 16.6 Å². The third kappa shape index (κ3) is 5.99. The molecule has 160 valence electrons. The Morgan fingerprint density at radius 2 is 1.94 bits per heavy atom. The zero-order valence-corrected chi connectivity index (χ0v) is 16.9. The second-order valence-corrected chi connectivity index (χ2v) is 6.57. The van der Waals surface area contributed by atoms with Crippen LogP contribution in [0.25, 0.3) is 10.9 Å². The van der Waals surface area contributed by atoms with E-state index in [1.165, 1.54) is 18.2 Å². The normalized spacial score (nSPS) is 10.5. The fourth-order valence-electron chi connectivity index (χ4n) is 2.91. The minimum absolute atomic E-state index is 0.00475. The number of carbonyl (C=O) groups is 2. The second-order valence-electron chi connectivity index (χ2n) is 6.57. The molecule has 0 atom stereocenters. The van der Waals surface area contributed by atoms with E-state index in [2.05, 4.69) is 10.3 Å². The van der Waals surface area contributed by atoms with Crippen molar-refractivity contribution in [2.45, 2.75) is 19.8 Å². The van der Waals surface area contributed by atoms with Gasteiger partial charge in [-0.15, -0.1) is 0 Å². The van der Waals surface area contributed by atoms with Crippen molar-refractivity contribution in [2.24, 2.45) is 0 Å². The molecule has 2 aromatic carbocycles.